The summed E-state index contributed by atoms with van der Waals surface area (Å²) in [5, 5.41) is 0. The van der Waals surface area contributed by atoms with Crippen LogP contribution in [0.2, 0.25) is 0 Å². The lowest BCUT2D eigenvalue weighted by atomic mass is 10.2. The molecular formula is C23H35N5O4S. The Labute approximate surface area is 196 Å². The average molecular weight is 478 g/mol. The van der Waals surface area contributed by atoms with Crippen molar-refractivity contribution >= 4 is 27.0 Å². The van der Waals surface area contributed by atoms with E-state index in [0.717, 1.165) is 63.5 Å². The van der Waals surface area contributed by atoms with Gasteiger partial charge in [-0.2, -0.15) is 0 Å². The molecule has 0 saturated carbocycles. The second kappa shape index (κ2) is 10.1. The van der Waals surface area contributed by atoms with Gasteiger partial charge in [-0.1, -0.05) is 0 Å². The number of carbonyl (C=O) groups excluding carboxylic acids is 1. The zero-order valence-electron chi connectivity index (χ0n) is 19.9. The number of nitrogens with zero attached hydrogens (tertiary/aromatic N) is 5. The van der Waals surface area contributed by atoms with Gasteiger partial charge in [-0.05, 0) is 38.0 Å². The number of hydrogen-bond donors (Lipinski definition) is 0. The number of aryl methyl sites for hydroxylation is 2. The first kappa shape index (κ1) is 24.1. The Morgan fingerprint density at radius 2 is 1.97 bits per heavy atom. The SMILES string of the molecule is CCn1c(CCC(=O)N2CCN(CC3CCCO3)CC2)nc2cc(S(=O)(=O)N(C)C)ccc21. The van der Waals surface area contributed by atoms with Crippen LogP contribution in [0.3, 0.4) is 0 Å². The van der Waals surface area contributed by atoms with Crippen molar-refractivity contribution in [2.24, 2.45) is 0 Å². The fourth-order valence-electron chi connectivity index (χ4n) is 4.71. The highest BCUT2D eigenvalue weighted by Gasteiger charge is 2.25. The van der Waals surface area contributed by atoms with E-state index in [1.165, 1.54) is 18.4 Å². The number of imidazole rings is 1. The summed E-state index contributed by atoms with van der Waals surface area (Å²) in [6, 6.07) is 5.05. The smallest absolute Gasteiger partial charge is 0.242 e. The molecule has 182 valence electrons. The summed E-state index contributed by atoms with van der Waals surface area (Å²) >= 11 is 0. The summed E-state index contributed by atoms with van der Waals surface area (Å²) in [7, 11) is -0.485. The van der Waals surface area contributed by atoms with Crippen molar-refractivity contribution in [3.05, 3.63) is 24.0 Å². The fourth-order valence-corrected chi connectivity index (χ4v) is 5.63. The van der Waals surface area contributed by atoms with E-state index in [1.54, 1.807) is 18.2 Å². The Balaban J connectivity index is 1.38. The van der Waals surface area contributed by atoms with Crippen molar-refractivity contribution in [2.75, 3.05) is 53.4 Å². The minimum atomic E-state index is -3.52. The van der Waals surface area contributed by atoms with Gasteiger partial charge in [-0.3, -0.25) is 9.69 Å². The first-order chi connectivity index (χ1) is 15.8. The van der Waals surface area contributed by atoms with Gasteiger partial charge in [0.15, 0.2) is 0 Å². The third-order valence-electron chi connectivity index (χ3n) is 6.67. The lowest BCUT2D eigenvalue weighted by Gasteiger charge is -2.35. The summed E-state index contributed by atoms with van der Waals surface area (Å²) in [4.78, 5) is 22.1. The zero-order chi connectivity index (χ0) is 23.6. The molecule has 9 nitrogen and oxygen atoms in total. The zero-order valence-corrected chi connectivity index (χ0v) is 20.7. The highest BCUT2D eigenvalue weighted by atomic mass is 32.2. The van der Waals surface area contributed by atoms with Crippen molar-refractivity contribution in [1.29, 1.82) is 0 Å². The van der Waals surface area contributed by atoms with Crippen molar-refractivity contribution in [3.8, 4) is 0 Å². The number of piperazine rings is 1. The molecule has 0 spiro atoms. The number of amides is 1. The summed E-state index contributed by atoms with van der Waals surface area (Å²) in [6.45, 7) is 7.87. The summed E-state index contributed by atoms with van der Waals surface area (Å²) < 4.78 is 34.0. The van der Waals surface area contributed by atoms with Crippen LogP contribution in [-0.4, -0.2) is 97.5 Å². The van der Waals surface area contributed by atoms with E-state index in [4.69, 9.17) is 9.72 Å². The molecule has 1 unspecified atom stereocenters. The molecule has 1 aromatic carbocycles. The largest absolute Gasteiger partial charge is 0.377 e. The maximum Gasteiger partial charge on any atom is 0.242 e. The molecule has 3 heterocycles. The molecule has 2 aliphatic rings. The Bertz CT molecular complexity index is 1080. The predicted octanol–water partition coefficient (Wildman–Crippen LogP) is 1.56. The number of benzene rings is 1. The fraction of sp³-hybridized carbons (Fsp3) is 0.652. The summed E-state index contributed by atoms with van der Waals surface area (Å²) in [5.41, 5.74) is 1.53. The van der Waals surface area contributed by atoms with Gasteiger partial charge in [0.1, 0.15) is 5.82 Å². The van der Waals surface area contributed by atoms with Crippen LogP contribution >= 0.6 is 0 Å². The third kappa shape index (κ3) is 5.24. The third-order valence-corrected chi connectivity index (χ3v) is 8.48. The average Bonchev–Trinajstić information content (AvgIpc) is 3.44. The number of sulfonamides is 1. The number of aromatic nitrogens is 2. The quantitative estimate of drug-likeness (QED) is 0.574. The van der Waals surface area contributed by atoms with Crippen LogP contribution < -0.4 is 0 Å². The molecule has 2 aromatic rings. The van der Waals surface area contributed by atoms with Crippen LogP contribution in [0.1, 0.15) is 32.0 Å². The Kier molecular flexibility index (Phi) is 7.37. The standard InChI is InChI=1S/C23H35N5O4S/c1-4-28-21-8-7-19(33(30,31)25(2)3)16-20(21)24-22(28)9-10-23(29)27-13-11-26(12-14-27)17-18-6-5-15-32-18/h7-8,16,18H,4-6,9-15,17H2,1-3H3. The van der Waals surface area contributed by atoms with E-state index in [2.05, 4.69) is 9.47 Å². The van der Waals surface area contributed by atoms with Crippen molar-refractivity contribution in [1.82, 2.24) is 23.7 Å². The molecule has 33 heavy (non-hydrogen) atoms. The number of rotatable bonds is 8. The topological polar surface area (TPSA) is 88.0 Å². The number of hydrogen-bond acceptors (Lipinski definition) is 6. The second-order valence-electron chi connectivity index (χ2n) is 9.03. The molecule has 1 amide bonds. The Morgan fingerprint density at radius 3 is 2.61 bits per heavy atom. The van der Waals surface area contributed by atoms with Gasteiger partial charge in [0, 0.05) is 72.8 Å². The number of ether oxygens (including phenoxy) is 1. The van der Waals surface area contributed by atoms with Crippen molar-refractivity contribution in [2.45, 2.75) is 50.2 Å². The van der Waals surface area contributed by atoms with E-state index in [-0.39, 0.29) is 10.8 Å². The number of fused-ring (bicyclic) bond motifs is 1. The monoisotopic (exact) mass is 477 g/mol. The van der Waals surface area contributed by atoms with Crippen molar-refractivity contribution in [3.63, 3.8) is 0 Å². The van der Waals surface area contributed by atoms with E-state index in [0.29, 0.717) is 31.0 Å². The predicted molar refractivity (Wildman–Crippen MR) is 127 cm³/mol. The first-order valence-corrected chi connectivity index (χ1v) is 13.3. The molecule has 2 saturated heterocycles. The van der Waals surface area contributed by atoms with Crippen molar-refractivity contribution < 1.29 is 17.9 Å². The molecule has 10 heteroatoms. The molecule has 2 aliphatic heterocycles. The highest BCUT2D eigenvalue weighted by Crippen LogP contribution is 2.23. The molecule has 4 rings (SSSR count). The molecule has 0 aliphatic carbocycles. The van der Waals surface area contributed by atoms with Crippen LogP contribution in [0, 0.1) is 0 Å². The van der Waals surface area contributed by atoms with E-state index >= 15 is 0 Å². The van der Waals surface area contributed by atoms with Gasteiger partial charge in [-0.15, -0.1) is 0 Å². The molecule has 0 radical (unpaired) electrons. The minimum Gasteiger partial charge on any atom is -0.377 e. The molecule has 0 bridgehead atoms. The van der Waals surface area contributed by atoms with Gasteiger partial charge in [0.25, 0.3) is 0 Å². The van der Waals surface area contributed by atoms with Crippen LogP contribution in [0.4, 0.5) is 0 Å². The second-order valence-corrected chi connectivity index (χ2v) is 11.2. The van der Waals surface area contributed by atoms with Crippen LogP contribution in [0.25, 0.3) is 11.0 Å². The van der Waals surface area contributed by atoms with Gasteiger partial charge < -0.3 is 14.2 Å². The first-order valence-electron chi connectivity index (χ1n) is 11.8. The van der Waals surface area contributed by atoms with Crippen LogP contribution in [0.5, 0.6) is 0 Å². The Morgan fingerprint density at radius 1 is 1.21 bits per heavy atom. The molecular weight excluding hydrogens is 442 g/mol. The van der Waals surface area contributed by atoms with Gasteiger partial charge in [-0.25, -0.2) is 17.7 Å². The molecule has 1 atom stereocenters. The maximum absolute atomic E-state index is 12.9. The Hall–Kier alpha value is -2.01. The van der Waals surface area contributed by atoms with E-state index < -0.39 is 10.0 Å². The summed E-state index contributed by atoms with van der Waals surface area (Å²) in [6.07, 6.45) is 3.58. The van der Waals surface area contributed by atoms with E-state index in [1.807, 2.05) is 11.8 Å². The molecule has 1 aromatic heterocycles. The molecule has 0 N–H and O–H groups in total. The van der Waals surface area contributed by atoms with E-state index in [9.17, 15) is 13.2 Å². The number of carbonyl (C=O) groups is 1. The van der Waals surface area contributed by atoms with Gasteiger partial charge >= 0.3 is 0 Å². The lowest BCUT2D eigenvalue weighted by Crippen LogP contribution is -2.50. The van der Waals surface area contributed by atoms with Crippen LogP contribution in [0.15, 0.2) is 23.1 Å². The van der Waals surface area contributed by atoms with Crippen LogP contribution in [-0.2, 0) is 32.5 Å². The normalized spacial score (nSPS) is 20.2. The van der Waals surface area contributed by atoms with Gasteiger partial charge in [0.2, 0.25) is 15.9 Å². The highest BCUT2D eigenvalue weighted by molar-refractivity contribution is 7.89. The maximum atomic E-state index is 12.9. The molecule has 2 fully saturated rings. The minimum absolute atomic E-state index is 0.150. The van der Waals surface area contributed by atoms with Gasteiger partial charge in [0.05, 0.1) is 22.0 Å². The summed E-state index contributed by atoms with van der Waals surface area (Å²) in [5.74, 6) is 0.967. The lowest BCUT2D eigenvalue weighted by molar-refractivity contribution is -0.133.